The van der Waals surface area contributed by atoms with Gasteiger partial charge in [-0.05, 0) is 37.1 Å². The largest absolute Gasteiger partial charge is 0.382 e. The predicted octanol–water partition coefficient (Wildman–Crippen LogP) is 2.07. The lowest BCUT2D eigenvalue weighted by molar-refractivity contribution is 1.05. The summed E-state index contributed by atoms with van der Waals surface area (Å²) >= 11 is 0. The quantitative estimate of drug-likeness (QED) is 0.742. The van der Waals surface area contributed by atoms with E-state index in [0.717, 1.165) is 5.69 Å². The van der Waals surface area contributed by atoms with Crippen LogP contribution in [0.2, 0.25) is 0 Å². The van der Waals surface area contributed by atoms with Crippen molar-refractivity contribution in [2.24, 2.45) is 0 Å². The number of aromatic nitrogens is 2. The van der Waals surface area contributed by atoms with Gasteiger partial charge in [-0.1, -0.05) is 6.07 Å². The van der Waals surface area contributed by atoms with E-state index in [1.165, 1.54) is 11.1 Å². The SMILES string of the molecule is Cc1cc(C)cc(-n2cnc(N)c2)c1. The molecule has 0 aliphatic heterocycles. The van der Waals surface area contributed by atoms with E-state index in [4.69, 9.17) is 5.73 Å². The first-order valence-corrected chi connectivity index (χ1v) is 4.53. The van der Waals surface area contributed by atoms with Gasteiger partial charge >= 0.3 is 0 Å². The van der Waals surface area contributed by atoms with Crippen molar-refractivity contribution in [2.75, 3.05) is 5.73 Å². The van der Waals surface area contributed by atoms with Gasteiger partial charge in [-0.25, -0.2) is 4.98 Å². The number of hydrogen-bond acceptors (Lipinski definition) is 2. The van der Waals surface area contributed by atoms with E-state index in [9.17, 15) is 0 Å². The molecule has 2 rings (SSSR count). The van der Waals surface area contributed by atoms with Crippen LogP contribution in [-0.4, -0.2) is 9.55 Å². The first-order chi connectivity index (χ1) is 6.65. The highest BCUT2D eigenvalue weighted by Gasteiger charge is 1.99. The minimum atomic E-state index is 0.546. The van der Waals surface area contributed by atoms with Crippen molar-refractivity contribution in [3.8, 4) is 5.69 Å². The number of nitrogen functional groups attached to an aromatic ring is 1. The number of imidazole rings is 1. The number of hydrogen-bond donors (Lipinski definition) is 1. The molecule has 14 heavy (non-hydrogen) atoms. The molecule has 0 aliphatic rings. The maximum Gasteiger partial charge on any atom is 0.141 e. The summed E-state index contributed by atoms with van der Waals surface area (Å²) in [7, 11) is 0. The molecule has 3 nitrogen and oxygen atoms in total. The van der Waals surface area contributed by atoms with E-state index in [0.29, 0.717) is 5.82 Å². The van der Waals surface area contributed by atoms with Crippen LogP contribution in [0, 0.1) is 13.8 Å². The third-order valence-electron chi connectivity index (χ3n) is 2.11. The van der Waals surface area contributed by atoms with Crippen LogP contribution < -0.4 is 5.73 Å². The van der Waals surface area contributed by atoms with Crippen molar-refractivity contribution < 1.29 is 0 Å². The fraction of sp³-hybridized carbons (Fsp3) is 0.182. The summed E-state index contributed by atoms with van der Waals surface area (Å²) in [5.41, 5.74) is 9.15. The summed E-state index contributed by atoms with van der Waals surface area (Å²) in [5.74, 6) is 0.546. The van der Waals surface area contributed by atoms with Crippen LogP contribution in [0.25, 0.3) is 5.69 Å². The molecule has 2 N–H and O–H groups in total. The minimum Gasteiger partial charge on any atom is -0.382 e. The van der Waals surface area contributed by atoms with Crippen LogP contribution in [0.1, 0.15) is 11.1 Å². The van der Waals surface area contributed by atoms with Gasteiger partial charge in [-0.2, -0.15) is 0 Å². The zero-order chi connectivity index (χ0) is 10.1. The van der Waals surface area contributed by atoms with E-state index in [2.05, 4.69) is 37.0 Å². The van der Waals surface area contributed by atoms with E-state index >= 15 is 0 Å². The lowest BCUT2D eigenvalue weighted by atomic mass is 10.1. The molecule has 0 radical (unpaired) electrons. The Morgan fingerprint density at radius 1 is 1.14 bits per heavy atom. The standard InChI is InChI=1S/C11H13N3/c1-8-3-9(2)5-10(4-8)14-6-11(12)13-7-14/h3-7H,12H2,1-2H3. The van der Waals surface area contributed by atoms with Gasteiger partial charge in [0.2, 0.25) is 0 Å². The molecule has 0 saturated carbocycles. The van der Waals surface area contributed by atoms with Gasteiger partial charge in [-0.15, -0.1) is 0 Å². The summed E-state index contributed by atoms with van der Waals surface area (Å²) in [6.07, 6.45) is 3.54. The lowest BCUT2D eigenvalue weighted by Gasteiger charge is -2.04. The number of nitrogens with two attached hydrogens (primary N) is 1. The van der Waals surface area contributed by atoms with Crippen molar-refractivity contribution >= 4 is 5.82 Å². The molecular formula is C11H13N3. The van der Waals surface area contributed by atoms with Crippen LogP contribution in [0.15, 0.2) is 30.7 Å². The molecule has 0 saturated heterocycles. The fourth-order valence-corrected chi connectivity index (χ4v) is 1.58. The summed E-state index contributed by atoms with van der Waals surface area (Å²) in [4.78, 5) is 3.99. The maximum absolute atomic E-state index is 5.56. The molecule has 1 heterocycles. The van der Waals surface area contributed by atoms with E-state index in [-0.39, 0.29) is 0 Å². The average Bonchev–Trinajstić information content (AvgIpc) is 2.50. The number of aryl methyl sites for hydroxylation is 2. The third-order valence-corrected chi connectivity index (χ3v) is 2.11. The smallest absolute Gasteiger partial charge is 0.141 e. The molecule has 2 aromatic rings. The molecular weight excluding hydrogens is 174 g/mol. The van der Waals surface area contributed by atoms with Crippen molar-refractivity contribution in [1.29, 1.82) is 0 Å². The van der Waals surface area contributed by atoms with E-state index in [1.54, 1.807) is 6.33 Å². The van der Waals surface area contributed by atoms with Gasteiger partial charge in [0.05, 0.1) is 6.20 Å². The fourth-order valence-electron chi connectivity index (χ4n) is 1.58. The van der Waals surface area contributed by atoms with Crippen LogP contribution in [0.5, 0.6) is 0 Å². The molecule has 0 spiro atoms. The van der Waals surface area contributed by atoms with E-state index in [1.807, 2.05) is 10.8 Å². The highest BCUT2D eigenvalue weighted by Crippen LogP contribution is 2.14. The van der Waals surface area contributed by atoms with Gasteiger partial charge in [0.1, 0.15) is 12.1 Å². The Kier molecular flexibility index (Phi) is 2.00. The Morgan fingerprint density at radius 3 is 2.29 bits per heavy atom. The lowest BCUT2D eigenvalue weighted by Crippen LogP contribution is -1.92. The van der Waals surface area contributed by atoms with Crippen molar-refractivity contribution in [2.45, 2.75) is 13.8 Å². The van der Waals surface area contributed by atoms with Crippen molar-refractivity contribution in [3.63, 3.8) is 0 Å². The summed E-state index contributed by atoms with van der Waals surface area (Å²) in [6, 6.07) is 6.35. The second-order valence-electron chi connectivity index (χ2n) is 3.55. The van der Waals surface area contributed by atoms with Crippen LogP contribution in [-0.2, 0) is 0 Å². The average molecular weight is 187 g/mol. The maximum atomic E-state index is 5.56. The van der Waals surface area contributed by atoms with Gasteiger partial charge in [0, 0.05) is 5.69 Å². The Labute approximate surface area is 83.2 Å². The molecule has 0 fully saturated rings. The van der Waals surface area contributed by atoms with Crippen LogP contribution in [0.4, 0.5) is 5.82 Å². The molecule has 0 aliphatic carbocycles. The number of benzene rings is 1. The topological polar surface area (TPSA) is 43.8 Å². The normalized spacial score (nSPS) is 10.4. The van der Waals surface area contributed by atoms with Gasteiger partial charge in [0.25, 0.3) is 0 Å². The Hall–Kier alpha value is -1.77. The van der Waals surface area contributed by atoms with E-state index < -0.39 is 0 Å². The van der Waals surface area contributed by atoms with Crippen LogP contribution >= 0.6 is 0 Å². The van der Waals surface area contributed by atoms with Crippen molar-refractivity contribution in [3.05, 3.63) is 41.9 Å². The van der Waals surface area contributed by atoms with Gasteiger partial charge < -0.3 is 10.3 Å². The summed E-state index contributed by atoms with van der Waals surface area (Å²) < 4.78 is 1.93. The molecule has 0 atom stereocenters. The first kappa shape index (κ1) is 8.81. The molecule has 1 aromatic carbocycles. The molecule has 0 amide bonds. The molecule has 0 unspecified atom stereocenters. The Bertz CT molecular complexity index is 437. The highest BCUT2D eigenvalue weighted by atomic mass is 15.1. The number of nitrogens with zero attached hydrogens (tertiary/aromatic N) is 2. The van der Waals surface area contributed by atoms with Crippen molar-refractivity contribution in [1.82, 2.24) is 9.55 Å². The molecule has 3 heteroatoms. The second-order valence-corrected chi connectivity index (χ2v) is 3.55. The number of anilines is 1. The Balaban J connectivity index is 2.51. The third kappa shape index (κ3) is 1.62. The molecule has 1 aromatic heterocycles. The minimum absolute atomic E-state index is 0.546. The second kappa shape index (κ2) is 3.18. The molecule has 72 valence electrons. The zero-order valence-corrected chi connectivity index (χ0v) is 8.36. The zero-order valence-electron chi connectivity index (χ0n) is 8.36. The first-order valence-electron chi connectivity index (χ1n) is 4.53. The summed E-state index contributed by atoms with van der Waals surface area (Å²) in [6.45, 7) is 4.16. The summed E-state index contributed by atoms with van der Waals surface area (Å²) in [5, 5.41) is 0. The van der Waals surface area contributed by atoms with Gasteiger partial charge in [0.15, 0.2) is 0 Å². The monoisotopic (exact) mass is 187 g/mol. The molecule has 0 bridgehead atoms. The number of rotatable bonds is 1. The highest BCUT2D eigenvalue weighted by molar-refractivity contribution is 5.41. The van der Waals surface area contributed by atoms with Gasteiger partial charge in [-0.3, -0.25) is 0 Å². The van der Waals surface area contributed by atoms with Crippen LogP contribution in [0.3, 0.4) is 0 Å². The predicted molar refractivity (Wildman–Crippen MR) is 57.5 cm³/mol. The Morgan fingerprint density at radius 2 is 1.79 bits per heavy atom.